The smallest absolute Gasteiger partial charge is 0.310 e. The molecule has 1 atom stereocenters. The molecule has 0 aliphatic carbocycles. The zero-order valence-electron chi connectivity index (χ0n) is 11.5. The minimum absolute atomic E-state index is 0.127. The Balaban J connectivity index is 2.56. The summed E-state index contributed by atoms with van der Waals surface area (Å²) in [6.45, 7) is 1.72. The van der Waals surface area contributed by atoms with Crippen molar-refractivity contribution in [3.63, 3.8) is 0 Å². The van der Waals surface area contributed by atoms with Crippen molar-refractivity contribution in [3.8, 4) is 0 Å². The highest BCUT2D eigenvalue weighted by molar-refractivity contribution is 5.77. The Labute approximate surface area is 115 Å². The first-order chi connectivity index (χ1) is 9.35. The zero-order chi connectivity index (χ0) is 15.3. The van der Waals surface area contributed by atoms with Crippen LogP contribution in [0.2, 0.25) is 0 Å². The first-order valence-corrected chi connectivity index (χ1v) is 5.83. The first-order valence-electron chi connectivity index (χ1n) is 5.83. The quantitative estimate of drug-likeness (QED) is 0.415. The van der Waals surface area contributed by atoms with Crippen LogP contribution in [-0.4, -0.2) is 52.2 Å². The lowest BCUT2D eigenvalue weighted by molar-refractivity contribution is -0.385. The molecule has 0 aliphatic rings. The third kappa shape index (κ3) is 4.04. The number of methoxy groups -OCH3 is 1. The molecule has 0 aliphatic heterocycles. The number of amides is 1. The van der Waals surface area contributed by atoms with E-state index < -0.39 is 16.8 Å². The third-order valence-electron chi connectivity index (χ3n) is 2.70. The Morgan fingerprint density at radius 1 is 1.60 bits per heavy atom. The highest BCUT2D eigenvalue weighted by atomic mass is 16.6. The number of ether oxygens (including phenoxy) is 1. The fourth-order valence-electron chi connectivity index (χ4n) is 1.58. The lowest BCUT2D eigenvalue weighted by atomic mass is 10.2. The molecule has 20 heavy (non-hydrogen) atoms. The number of likely N-dealkylation sites (N-methyl/N-ethyl adjacent to an activating group) is 1. The van der Waals surface area contributed by atoms with Gasteiger partial charge in [0, 0.05) is 13.6 Å². The van der Waals surface area contributed by atoms with Crippen molar-refractivity contribution in [2.24, 2.45) is 5.92 Å². The Hall–Kier alpha value is -2.45. The third-order valence-corrected chi connectivity index (χ3v) is 2.70. The summed E-state index contributed by atoms with van der Waals surface area (Å²) < 4.78 is 5.75. The molecule has 0 radical (unpaired) electrons. The summed E-state index contributed by atoms with van der Waals surface area (Å²) >= 11 is 0. The summed E-state index contributed by atoms with van der Waals surface area (Å²) in [5.74, 6) is -1.15. The number of esters is 1. The Bertz CT molecular complexity index is 513. The fraction of sp³-hybridized carbons (Fsp3) is 0.545. The summed E-state index contributed by atoms with van der Waals surface area (Å²) in [7, 11) is 2.82. The summed E-state index contributed by atoms with van der Waals surface area (Å²) in [6, 6.07) is 0. The molecule has 1 rings (SSSR count). The molecule has 1 aromatic rings. The van der Waals surface area contributed by atoms with E-state index in [1.165, 1.54) is 22.9 Å². The molecular weight excluding hydrogens is 268 g/mol. The average molecular weight is 284 g/mol. The standard InChI is InChI=1S/C11H16N4O5/c1-8(11(17)20-3)5-13(2)10(16)7-14-6-9(4-12-14)15(18)19/h4,6,8H,5,7H2,1-3H3. The van der Waals surface area contributed by atoms with Gasteiger partial charge in [-0.25, -0.2) is 0 Å². The predicted molar refractivity (Wildman–Crippen MR) is 67.7 cm³/mol. The molecule has 1 aromatic heterocycles. The van der Waals surface area contributed by atoms with Gasteiger partial charge in [-0.15, -0.1) is 0 Å². The summed E-state index contributed by atoms with van der Waals surface area (Å²) in [4.78, 5) is 34.4. The van der Waals surface area contributed by atoms with Crippen LogP contribution in [0.5, 0.6) is 0 Å². The maximum atomic E-state index is 11.9. The maximum Gasteiger partial charge on any atom is 0.310 e. The van der Waals surface area contributed by atoms with Gasteiger partial charge in [0.15, 0.2) is 0 Å². The van der Waals surface area contributed by atoms with Crippen LogP contribution < -0.4 is 0 Å². The van der Waals surface area contributed by atoms with E-state index in [2.05, 4.69) is 9.84 Å². The normalized spacial score (nSPS) is 11.8. The molecule has 0 aromatic carbocycles. The van der Waals surface area contributed by atoms with Gasteiger partial charge in [0.05, 0.1) is 18.0 Å². The lowest BCUT2D eigenvalue weighted by Crippen LogP contribution is -2.36. The van der Waals surface area contributed by atoms with Gasteiger partial charge in [0.2, 0.25) is 5.91 Å². The highest BCUT2D eigenvalue weighted by Gasteiger charge is 2.19. The minimum atomic E-state index is -0.586. The van der Waals surface area contributed by atoms with Crippen molar-refractivity contribution >= 4 is 17.6 Å². The largest absolute Gasteiger partial charge is 0.469 e. The Morgan fingerprint density at radius 2 is 2.25 bits per heavy atom. The highest BCUT2D eigenvalue weighted by Crippen LogP contribution is 2.08. The number of carbonyl (C=O) groups excluding carboxylic acids is 2. The van der Waals surface area contributed by atoms with Crippen LogP contribution in [0, 0.1) is 16.0 Å². The molecule has 0 fully saturated rings. The number of carbonyl (C=O) groups is 2. The van der Waals surface area contributed by atoms with Crippen LogP contribution >= 0.6 is 0 Å². The lowest BCUT2D eigenvalue weighted by Gasteiger charge is -2.20. The minimum Gasteiger partial charge on any atom is -0.469 e. The second kappa shape index (κ2) is 6.64. The summed E-state index contributed by atoms with van der Waals surface area (Å²) in [5, 5.41) is 14.2. The van der Waals surface area contributed by atoms with Crippen molar-refractivity contribution in [1.29, 1.82) is 0 Å². The summed E-state index contributed by atoms with van der Waals surface area (Å²) in [6.07, 6.45) is 2.25. The Morgan fingerprint density at radius 3 is 2.75 bits per heavy atom. The molecule has 1 heterocycles. The number of aromatic nitrogens is 2. The second-order valence-electron chi connectivity index (χ2n) is 4.35. The average Bonchev–Trinajstić information content (AvgIpc) is 2.86. The van der Waals surface area contributed by atoms with Gasteiger partial charge in [0.25, 0.3) is 0 Å². The number of hydrogen-bond acceptors (Lipinski definition) is 6. The van der Waals surface area contributed by atoms with Crippen LogP contribution in [-0.2, 0) is 20.9 Å². The van der Waals surface area contributed by atoms with Crippen LogP contribution in [0.15, 0.2) is 12.4 Å². The van der Waals surface area contributed by atoms with Crippen molar-refractivity contribution in [2.45, 2.75) is 13.5 Å². The van der Waals surface area contributed by atoms with E-state index >= 15 is 0 Å². The molecule has 9 nitrogen and oxygen atoms in total. The van der Waals surface area contributed by atoms with E-state index in [4.69, 9.17) is 0 Å². The predicted octanol–water partition coefficient (Wildman–Crippen LogP) is 0.0588. The van der Waals surface area contributed by atoms with Crippen molar-refractivity contribution in [3.05, 3.63) is 22.5 Å². The van der Waals surface area contributed by atoms with Gasteiger partial charge in [0.1, 0.15) is 18.9 Å². The maximum absolute atomic E-state index is 11.9. The molecule has 9 heteroatoms. The zero-order valence-corrected chi connectivity index (χ0v) is 11.5. The SMILES string of the molecule is COC(=O)C(C)CN(C)C(=O)Cn1cc([N+](=O)[O-])cn1. The monoisotopic (exact) mass is 284 g/mol. The van der Waals surface area contributed by atoms with Crippen molar-refractivity contribution in [2.75, 3.05) is 20.7 Å². The molecule has 0 saturated carbocycles. The van der Waals surface area contributed by atoms with E-state index in [-0.39, 0.29) is 24.7 Å². The van der Waals surface area contributed by atoms with Crippen LogP contribution in [0.4, 0.5) is 5.69 Å². The molecule has 1 amide bonds. The van der Waals surface area contributed by atoms with E-state index in [0.717, 1.165) is 6.20 Å². The molecule has 1 unspecified atom stereocenters. The van der Waals surface area contributed by atoms with Gasteiger partial charge in [-0.1, -0.05) is 6.92 Å². The van der Waals surface area contributed by atoms with Crippen molar-refractivity contribution in [1.82, 2.24) is 14.7 Å². The van der Waals surface area contributed by atoms with Crippen LogP contribution in [0.25, 0.3) is 0 Å². The number of hydrogen-bond donors (Lipinski definition) is 0. The Kier molecular flexibility index (Phi) is 5.18. The topological polar surface area (TPSA) is 108 Å². The molecule has 0 saturated heterocycles. The van der Waals surface area contributed by atoms with Crippen LogP contribution in [0.3, 0.4) is 0 Å². The molecule has 0 spiro atoms. The van der Waals surface area contributed by atoms with Gasteiger partial charge in [-0.2, -0.15) is 5.10 Å². The fourth-order valence-corrected chi connectivity index (χ4v) is 1.58. The summed E-state index contributed by atoms with van der Waals surface area (Å²) in [5.41, 5.74) is -0.177. The molecular formula is C11H16N4O5. The van der Waals surface area contributed by atoms with Gasteiger partial charge in [-0.05, 0) is 0 Å². The van der Waals surface area contributed by atoms with E-state index in [1.54, 1.807) is 14.0 Å². The van der Waals surface area contributed by atoms with E-state index in [1.807, 2.05) is 0 Å². The number of nitro groups is 1. The molecule has 110 valence electrons. The molecule has 0 N–H and O–H groups in total. The van der Waals surface area contributed by atoms with E-state index in [0.29, 0.717) is 0 Å². The second-order valence-corrected chi connectivity index (χ2v) is 4.35. The van der Waals surface area contributed by atoms with Gasteiger partial charge >= 0.3 is 11.7 Å². The number of nitrogens with zero attached hydrogens (tertiary/aromatic N) is 4. The van der Waals surface area contributed by atoms with Gasteiger partial charge < -0.3 is 9.64 Å². The number of rotatable bonds is 6. The van der Waals surface area contributed by atoms with E-state index in [9.17, 15) is 19.7 Å². The van der Waals surface area contributed by atoms with Crippen molar-refractivity contribution < 1.29 is 19.2 Å². The first kappa shape index (κ1) is 15.6. The van der Waals surface area contributed by atoms with Gasteiger partial charge in [-0.3, -0.25) is 24.4 Å². The van der Waals surface area contributed by atoms with Crippen LogP contribution in [0.1, 0.15) is 6.92 Å². The molecule has 0 bridgehead atoms.